The largest absolute Gasteiger partial charge is 0.294 e. The van der Waals surface area contributed by atoms with E-state index in [0.29, 0.717) is 12.4 Å². The summed E-state index contributed by atoms with van der Waals surface area (Å²) in [6.07, 6.45) is 6.93. The van der Waals surface area contributed by atoms with Crippen molar-refractivity contribution in [3.05, 3.63) is 72.6 Å². The van der Waals surface area contributed by atoms with Crippen LogP contribution in [-0.2, 0) is 0 Å². The van der Waals surface area contributed by atoms with Gasteiger partial charge in [-0.3, -0.25) is 20.0 Å². The van der Waals surface area contributed by atoms with Gasteiger partial charge in [-0.15, -0.1) is 0 Å². The summed E-state index contributed by atoms with van der Waals surface area (Å²) in [7, 11) is 0. The highest BCUT2D eigenvalue weighted by Crippen LogP contribution is 2.25. The number of nitrogens with two attached hydrogens (primary N) is 1. The van der Waals surface area contributed by atoms with Crippen molar-refractivity contribution in [3.63, 3.8) is 0 Å². The number of anilines is 1. The van der Waals surface area contributed by atoms with Crippen LogP contribution in [-0.4, -0.2) is 31.5 Å². The molecule has 0 bridgehead atoms. The summed E-state index contributed by atoms with van der Waals surface area (Å²) in [6.45, 7) is 4.66. The predicted molar refractivity (Wildman–Crippen MR) is 109 cm³/mol. The summed E-state index contributed by atoms with van der Waals surface area (Å²) in [5.74, 6) is 7.14. The summed E-state index contributed by atoms with van der Waals surface area (Å²) >= 11 is 0. The molecule has 0 saturated heterocycles. The number of fused-ring (bicyclic) bond motifs is 1. The first-order valence-corrected chi connectivity index (χ1v) is 9.09. The molecule has 7 nitrogen and oxygen atoms in total. The van der Waals surface area contributed by atoms with Crippen molar-refractivity contribution < 1.29 is 0 Å². The van der Waals surface area contributed by atoms with Crippen molar-refractivity contribution in [2.45, 2.75) is 19.8 Å². The molecule has 4 heterocycles. The summed E-state index contributed by atoms with van der Waals surface area (Å²) < 4.78 is 0. The zero-order chi connectivity index (χ0) is 19.5. The zero-order valence-electron chi connectivity index (χ0n) is 15.8. The minimum atomic E-state index is 0.143. The van der Waals surface area contributed by atoms with E-state index in [1.807, 2.05) is 49.5 Å². The lowest BCUT2D eigenvalue weighted by Crippen LogP contribution is -2.35. The number of hydrogen-bond donors (Lipinski definition) is 1. The quantitative estimate of drug-likeness (QED) is 0.425. The molecule has 0 saturated carbocycles. The van der Waals surface area contributed by atoms with E-state index in [1.54, 1.807) is 17.4 Å². The Morgan fingerprint density at radius 1 is 1.00 bits per heavy atom. The Morgan fingerprint density at radius 3 is 2.71 bits per heavy atom. The molecule has 28 heavy (non-hydrogen) atoms. The van der Waals surface area contributed by atoms with Gasteiger partial charge in [0.2, 0.25) is 0 Å². The number of rotatable bonds is 5. The van der Waals surface area contributed by atoms with Gasteiger partial charge in [-0.1, -0.05) is 6.92 Å². The molecule has 0 fully saturated rings. The third-order valence-corrected chi connectivity index (χ3v) is 4.68. The molecule has 4 aromatic heterocycles. The highest BCUT2D eigenvalue weighted by molar-refractivity contribution is 5.77. The molecule has 7 heteroatoms. The molecule has 1 atom stereocenters. The van der Waals surface area contributed by atoms with Crippen LogP contribution in [0.5, 0.6) is 0 Å². The molecule has 140 valence electrons. The summed E-state index contributed by atoms with van der Waals surface area (Å²) in [4.78, 5) is 21.9. The SMILES string of the molecule is Cc1ccc(-c2cc(N(N)C[C@@H](C)c3ccnc4cccnc34)ncn2)cn1. The number of hydrogen-bond acceptors (Lipinski definition) is 7. The Bertz CT molecular complexity index is 1090. The van der Waals surface area contributed by atoms with Gasteiger partial charge in [0.25, 0.3) is 0 Å². The summed E-state index contributed by atoms with van der Waals surface area (Å²) in [5.41, 5.74) is 5.58. The smallest absolute Gasteiger partial charge is 0.146 e. The fraction of sp³-hybridized carbons (Fsp3) is 0.190. The topological polar surface area (TPSA) is 93.7 Å². The fourth-order valence-corrected chi connectivity index (χ4v) is 3.17. The number of pyridine rings is 3. The van der Waals surface area contributed by atoms with Gasteiger partial charge in [0.15, 0.2) is 0 Å². The second-order valence-corrected chi connectivity index (χ2v) is 6.77. The van der Waals surface area contributed by atoms with Crippen molar-refractivity contribution >= 4 is 16.9 Å². The van der Waals surface area contributed by atoms with Gasteiger partial charge in [0.1, 0.15) is 12.1 Å². The Morgan fingerprint density at radius 2 is 1.89 bits per heavy atom. The van der Waals surface area contributed by atoms with Crippen molar-refractivity contribution in [2.75, 3.05) is 11.6 Å². The van der Waals surface area contributed by atoms with Crippen molar-refractivity contribution in [1.82, 2.24) is 24.9 Å². The lowest BCUT2D eigenvalue weighted by molar-refractivity contribution is 0.701. The molecule has 0 aromatic carbocycles. The average molecular weight is 371 g/mol. The third kappa shape index (κ3) is 3.65. The van der Waals surface area contributed by atoms with Crippen LogP contribution >= 0.6 is 0 Å². The van der Waals surface area contributed by atoms with Gasteiger partial charge in [0, 0.05) is 48.4 Å². The number of aryl methyl sites for hydroxylation is 1. The molecule has 4 aromatic rings. The number of hydrazine groups is 1. The van der Waals surface area contributed by atoms with Gasteiger partial charge in [-0.2, -0.15) is 0 Å². The molecule has 0 spiro atoms. The first-order valence-electron chi connectivity index (χ1n) is 9.09. The molecule has 0 unspecified atom stereocenters. The monoisotopic (exact) mass is 371 g/mol. The van der Waals surface area contributed by atoms with Gasteiger partial charge in [-0.25, -0.2) is 15.8 Å². The molecule has 0 aliphatic heterocycles. The van der Waals surface area contributed by atoms with E-state index in [1.165, 1.54) is 6.33 Å². The van der Waals surface area contributed by atoms with Gasteiger partial charge in [-0.05, 0) is 42.8 Å². The van der Waals surface area contributed by atoms with Crippen LogP contribution in [0.15, 0.2) is 61.3 Å². The van der Waals surface area contributed by atoms with E-state index in [4.69, 9.17) is 5.84 Å². The first kappa shape index (κ1) is 17.9. The Labute approximate surface area is 163 Å². The van der Waals surface area contributed by atoms with Crippen molar-refractivity contribution in [3.8, 4) is 11.3 Å². The molecule has 2 N–H and O–H groups in total. The van der Waals surface area contributed by atoms with Crippen molar-refractivity contribution in [1.29, 1.82) is 0 Å². The lowest BCUT2D eigenvalue weighted by Gasteiger charge is -2.22. The fourth-order valence-electron chi connectivity index (χ4n) is 3.17. The van der Waals surface area contributed by atoms with Gasteiger partial charge in [0.05, 0.1) is 16.7 Å². The molecule has 0 aliphatic rings. The van der Waals surface area contributed by atoms with Crippen LogP contribution < -0.4 is 10.9 Å². The third-order valence-electron chi connectivity index (χ3n) is 4.68. The molecule has 0 aliphatic carbocycles. The Balaban J connectivity index is 1.57. The van der Waals surface area contributed by atoms with E-state index >= 15 is 0 Å². The molecule has 0 radical (unpaired) electrons. The van der Waals surface area contributed by atoms with Crippen molar-refractivity contribution in [2.24, 2.45) is 5.84 Å². The molecular weight excluding hydrogens is 350 g/mol. The first-order chi connectivity index (χ1) is 13.6. The van der Waals surface area contributed by atoms with E-state index in [-0.39, 0.29) is 5.92 Å². The highest BCUT2D eigenvalue weighted by Gasteiger charge is 2.15. The normalized spacial score (nSPS) is 12.1. The maximum Gasteiger partial charge on any atom is 0.146 e. The van der Waals surface area contributed by atoms with Gasteiger partial charge < -0.3 is 0 Å². The number of nitrogens with zero attached hydrogens (tertiary/aromatic N) is 6. The van der Waals surface area contributed by atoms with Crippen LogP contribution in [0.2, 0.25) is 0 Å². The maximum atomic E-state index is 6.34. The Kier molecular flexibility index (Phi) is 4.90. The predicted octanol–water partition coefficient (Wildman–Crippen LogP) is 3.27. The van der Waals surface area contributed by atoms with Crippen LogP contribution in [0.25, 0.3) is 22.3 Å². The van der Waals surface area contributed by atoms with Crippen LogP contribution in [0.3, 0.4) is 0 Å². The minimum absolute atomic E-state index is 0.143. The molecular formula is C21H21N7. The van der Waals surface area contributed by atoms with Gasteiger partial charge >= 0.3 is 0 Å². The average Bonchev–Trinajstić information content (AvgIpc) is 2.74. The maximum absolute atomic E-state index is 6.34. The summed E-state index contributed by atoms with van der Waals surface area (Å²) in [5, 5.41) is 1.65. The number of aromatic nitrogens is 5. The van der Waals surface area contributed by atoms with E-state index in [2.05, 4.69) is 31.8 Å². The highest BCUT2D eigenvalue weighted by atomic mass is 15.4. The minimum Gasteiger partial charge on any atom is -0.294 e. The van der Waals surface area contributed by atoms with Crippen LogP contribution in [0.4, 0.5) is 5.82 Å². The van der Waals surface area contributed by atoms with Crippen LogP contribution in [0, 0.1) is 6.92 Å². The standard InChI is InChI=1S/C21H21N7/c1-14(17-7-9-23-18-4-3-8-24-21(17)18)12-28(22)20-10-19(26-13-27-20)16-6-5-15(2)25-11-16/h3-11,13-14H,12,22H2,1-2H3/t14-/m1/s1. The van der Waals surface area contributed by atoms with E-state index in [0.717, 1.165) is 33.5 Å². The Hall–Kier alpha value is -3.45. The second-order valence-electron chi connectivity index (χ2n) is 6.77. The van der Waals surface area contributed by atoms with E-state index in [9.17, 15) is 0 Å². The molecule has 0 amide bonds. The van der Waals surface area contributed by atoms with Crippen LogP contribution in [0.1, 0.15) is 24.1 Å². The summed E-state index contributed by atoms with van der Waals surface area (Å²) in [6, 6.07) is 11.7. The second kappa shape index (κ2) is 7.66. The lowest BCUT2D eigenvalue weighted by atomic mass is 10.00. The zero-order valence-corrected chi connectivity index (χ0v) is 15.8. The van der Waals surface area contributed by atoms with E-state index < -0.39 is 0 Å². The molecule has 4 rings (SSSR count).